The lowest BCUT2D eigenvalue weighted by molar-refractivity contribution is -0.327. The van der Waals surface area contributed by atoms with E-state index in [0.29, 0.717) is 0 Å². The Hall–Kier alpha value is -1.30. The van der Waals surface area contributed by atoms with Crippen molar-refractivity contribution in [2.75, 3.05) is 13.2 Å². The molecule has 1 saturated heterocycles. The summed E-state index contributed by atoms with van der Waals surface area (Å²) in [6.45, 7) is -0.978. The van der Waals surface area contributed by atoms with E-state index in [2.05, 4.69) is 5.32 Å². The molecular formula is C17H31NO13. The average Bonchev–Trinajstić information content (AvgIpc) is 2.71. The van der Waals surface area contributed by atoms with Gasteiger partial charge >= 0.3 is 0 Å². The second-order valence-corrected chi connectivity index (χ2v) is 7.71. The monoisotopic (exact) mass is 457 g/mol. The molecule has 11 N–H and O–H groups in total. The van der Waals surface area contributed by atoms with Crippen molar-refractivity contribution in [3.8, 4) is 0 Å². The van der Waals surface area contributed by atoms with Crippen LogP contribution >= 0.6 is 0 Å². The van der Waals surface area contributed by atoms with Crippen molar-refractivity contribution in [3.63, 3.8) is 0 Å². The molecule has 0 aromatic rings. The van der Waals surface area contributed by atoms with Gasteiger partial charge in [-0.05, 0) is 0 Å². The molecule has 1 amide bonds. The van der Waals surface area contributed by atoms with Crippen molar-refractivity contribution in [2.45, 2.75) is 79.9 Å². The molecular weight excluding hydrogens is 426 g/mol. The summed E-state index contributed by atoms with van der Waals surface area (Å²) in [5.41, 5.74) is -3.00. The number of hydrogen-bond acceptors (Lipinski definition) is 13. The molecule has 1 fully saturated rings. The van der Waals surface area contributed by atoms with Gasteiger partial charge in [0.15, 0.2) is 12.1 Å². The SMILES string of the molecule is CC(=O)N[C@H]1[C@H]([C@H](O)[C@H](O)CO)O[C@](O)(C[C@@](O)([C@@H](O)C=O)[C@@H](O)[C@H](O)CO)C[C@@H]1O. The van der Waals surface area contributed by atoms with Gasteiger partial charge in [-0.15, -0.1) is 0 Å². The average molecular weight is 457 g/mol. The van der Waals surface area contributed by atoms with Crippen LogP contribution in [0.5, 0.6) is 0 Å². The molecule has 0 radical (unpaired) electrons. The van der Waals surface area contributed by atoms with Gasteiger partial charge in [0, 0.05) is 19.8 Å². The second-order valence-electron chi connectivity index (χ2n) is 7.71. The molecule has 0 saturated carbocycles. The van der Waals surface area contributed by atoms with Crippen molar-refractivity contribution in [3.05, 3.63) is 0 Å². The summed E-state index contributed by atoms with van der Waals surface area (Å²) in [6.07, 6.45) is -16.3. The first kappa shape index (κ1) is 27.7. The minimum Gasteiger partial charge on any atom is -0.394 e. The van der Waals surface area contributed by atoms with E-state index in [1.54, 1.807) is 0 Å². The number of nitrogens with one attached hydrogen (secondary N) is 1. The van der Waals surface area contributed by atoms with Crippen LogP contribution in [0, 0.1) is 0 Å². The van der Waals surface area contributed by atoms with Crippen LogP contribution in [0.1, 0.15) is 19.8 Å². The number of amides is 1. The summed E-state index contributed by atoms with van der Waals surface area (Å²) in [5.74, 6) is -3.37. The summed E-state index contributed by atoms with van der Waals surface area (Å²) in [7, 11) is 0. The molecule has 0 aromatic heterocycles. The summed E-state index contributed by atoms with van der Waals surface area (Å²) in [5, 5.41) is 102. The molecule has 0 bridgehead atoms. The predicted octanol–water partition coefficient (Wildman–Crippen LogP) is -6.56. The molecule has 0 unspecified atom stereocenters. The Balaban J connectivity index is 3.33. The lowest BCUT2D eigenvalue weighted by Crippen LogP contribution is -2.68. The van der Waals surface area contributed by atoms with Crippen LogP contribution in [0.3, 0.4) is 0 Å². The molecule has 10 atom stereocenters. The van der Waals surface area contributed by atoms with E-state index in [0.717, 1.165) is 6.92 Å². The third kappa shape index (κ3) is 6.36. The number of ether oxygens (including phenoxy) is 1. The van der Waals surface area contributed by atoms with Crippen molar-refractivity contribution in [1.82, 2.24) is 5.32 Å². The van der Waals surface area contributed by atoms with E-state index in [1.807, 2.05) is 0 Å². The standard InChI is InChI=1S/C17H31NO13/c1-7(22)18-12-8(23)2-16(29,31-14(12)13(27)9(24)3-19)6-17(30,11(26)5-21)15(28)10(25)4-20/h5,8-15,19-20,23-30H,2-4,6H2,1H3,(H,18,22)/t8-,9+,10+,11-,12+,13+,14+,15-,16-,17+/m0/s1. The van der Waals surface area contributed by atoms with E-state index >= 15 is 0 Å². The van der Waals surface area contributed by atoms with Gasteiger partial charge in [0.05, 0.1) is 25.4 Å². The van der Waals surface area contributed by atoms with Crippen LogP contribution in [0.25, 0.3) is 0 Å². The molecule has 14 heteroatoms. The number of hydrogen-bond donors (Lipinski definition) is 11. The fourth-order valence-electron chi connectivity index (χ4n) is 3.56. The lowest BCUT2D eigenvalue weighted by atomic mass is 9.78. The van der Waals surface area contributed by atoms with Gasteiger partial charge in [-0.3, -0.25) is 4.79 Å². The van der Waals surface area contributed by atoms with Crippen LogP contribution in [0.2, 0.25) is 0 Å². The van der Waals surface area contributed by atoms with Crippen LogP contribution in [0.4, 0.5) is 0 Å². The number of carbonyl (C=O) groups excluding carboxylic acids is 2. The number of aliphatic hydroxyl groups excluding tert-OH is 8. The third-order valence-corrected chi connectivity index (χ3v) is 5.20. The summed E-state index contributed by atoms with van der Waals surface area (Å²) >= 11 is 0. The van der Waals surface area contributed by atoms with Gasteiger partial charge in [-0.2, -0.15) is 0 Å². The van der Waals surface area contributed by atoms with Crippen LogP contribution in [0.15, 0.2) is 0 Å². The zero-order chi connectivity index (χ0) is 24.1. The molecule has 1 aliphatic heterocycles. The summed E-state index contributed by atoms with van der Waals surface area (Å²) < 4.78 is 5.31. The fraction of sp³-hybridized carbons (Fsp3) is 0.882. The summed E-state index contributed by atoms with van der Waals surface area (Å²) in [6, 6.07) is -1.40. The van der Waals surface area contributed by atoms with Gasteiger partial charge in [0.1, 0.15) is 42.2 Å². The first-order chi connectivity index (χ1) is 14.3. The van der Waals surface area contributed by atoms with Gasteiger partial charge in [-0.1, -0.05) is 0 Å². The van der Waals surface area contributed by atoms with Gasteiger partial charge in [0.25, 0.3) is 0 Å². The van der Waals surface area contributed by atoms with Crippen LogP contribution in [-0.4, -0.2) is 137 Å². The molecule has 1 heterocycles. The quantitative estimate of drug-likeness (QED) is 0.129. The van der Waals surface area contributed by atoms with E-state index in [4.69, 9.17) is 14.9 Å². The highest BCUT2D eigenvalue weighted by atomic mass is 16.6. The molecule has 182 valence electrons. The van der Waals surface area contributed by atoms with Gasteiger partial charge < -0.3 is 65.9 Å². The van der Waals surface area contributed by atoms with E-state index in [9.17, 15) is 50.4 Å². The molecule has 0 aromatic carbocycles. The maximum Gasteiger partial charge on any atom is 0.217 e. The smallest absolute Gasteiger partial charge is 0.217 e. The Morgan fingerprint density at radius 3 is 2.19 bits per heavy atom. The number of carbonyl (C=O) groups is 2. The maximum atomic E-state index is 11.5. The minimum absolute atomic E-state index is 0.210. The topological polar surface area (TPSA) is 258 Å². The van der Waals surface area contributed by atoms with Crippen LogP contribution < -0.4 is 5.32 Å². The van der Waals surface area contributed by atoms with Crippen molar-refractivity contribution >= 4 is 12.2 Å². The minimum atomic E-state index is -3.00. The lowest BCUT2D eigenvalue weighted by Gasteiger charge is -2.49. The van der Waals surface area contributed by atoms with Gasteiger partial charge in [0.2, 0.25) is 5.91 Å². The van der Waals surface area contributed by atoms with E-state index < -0.39 is 92.1 Å². The molecule has 14 nitrogen and oxygen atoms in total. The normalized spacial score (nSPS) is 33.5. The van der Waals surface area contributed by atoms with Crippen molar-refractivity contribution < 1.29 is 65.4 Å². The van der Waals surface area contributed by atoms with Crippen molar-refractivity contribution in [1.29, 1.82) is 0 Å². The maximum absolute atomic E-state index is 11.5. The molecule has 1 aliphatic rings. The Morgan fingerprint density at radius 2 is 1.74 bits per heavy atom. The number of aldehydes is 1. The largest absolute Gasteiger partial charge is 0.394 e. The highest BCUT2D eigenvalue weighted by Crippen LogP contribution is 2.38. The number of rotatable bonds is 11. The third-order valence-electron chi connectivity index (χ3n) is 5.20. The molecule has 0 aliphatic carbocycles. The molecule has 0 spiro atoms. The zero-order valence-corrected chi connectivity index (χ0v) is 16.7. The van der Waals surface area contributed by atoms with E-state index in [-0.39, 0.29) is 6.29 Å². The van der Waals surface area contributed by atoms with Crippen LogP contribution in [-0.2, 0) is 14.3 Å². The summed E-state index contributed by atoms with van der Waals surface area (Å²) in [4.78, 5) is 22.5. The highest BCUT2D eigenvalue weighted by Gasteiger charge is 2.56. The first-order valence-corrected chi connectivity index (χ1v) is 9.41. The Bertz CT molecular complexity index is 609. The van der Waals surface area contributed by atoms with Gasteiger partial charge in [-0.25, -0.2) is 0 Å². The second kappa shape index (κ2) is 11.0. The predicted molar refractivity (Wildman–Crippen MR) is 97.9 cm³/mol. The highest BCUT2D eigenvalue weighted by molar-refractivity contribution is 5.73. The van der Waals surface area contributed by atoms with Crippen molar-refractivity contribution in [2.24, 2.45) is 0 Å². The molecule has 1 rings (SSSR count). The number of aliphatic hydroxyl groups is 10. The fourth-order valence-corrected chi connectivity index (χ4v) is 3.56. The first-order valence-electron chi connectivity index (χ1n) is 9.41. The molecule has 31 heavy (non-hydrogen) atoms. The Morgan fingerprint density at radius 1 is 1.19 bits per heavy atom. The van der Waals surface area contributed by atoms with E-state index in [1.165, 1.54) is 0 Å². The Labute approximate surface area is 177 Å². The Kier molecular flexibility index (Phi) is 9.86. The zero-order valence-electron chi connectivity index (χ0n) is 16.7.